The minimum atomic E-state index is -5.05. The number of aromatic nitrogens is 4. The Bertz CT molecular complexity index is 3090. The van der Waals surface area contributed by atoms with Gasteiger partial charge in [-0.2, -0.15) is 25.3 Å². The second kappa shape index (κ2) is 17.8. The van der Waals surface area contributed by atoms with Gasteiger partial charge in [0.05, 0.1) is 34.8 Å². The van der Waals surface area contributed by atoms with E-state index in [4.69, 9.17) is 9.29 Å². The fourth-order valence-corrected chi connectivity index (χ4v) is 8.64. The van der Waals surface area contributed by atoms with Gasteiger partial charge >= 0.3 is 0 Å². The molecule has 6 aromatic rings. The topological polar surface area (TPSA) is 330 Å². The van der Waals surface area contributed by atoms with Crippen molar-refractivity contribution in [3.63, 3.8) is 0 Å². The summed E-state index contributed by atoms with van der Waals surface area (Å²) in [5.41, 5.74) is -0.448. The summed E-state index contributed by atoms with van der Waals surface area (Å²) in [4.78, 5) is 11.9. The zero-order chi connectivity index (χ0) is 43.4. The molecule has 0 spiro atoms. The van der Waals surface area contributed by atoms with Crippen LogP contribution in [0.1, 0.15) is 18.9 Å². The summed E-state index contributed by atoms with van der Waals surface area (Å²) in [7, 11) is -13.8. The van der Waals surface area contributed by atoms with Gasteiger partial charge in [-0.05, 0) is 73.2 Å². The van der Waals surface area contributed by atoms with E-state index in [1.807, 2.05) is 6.92 Å². The van der Waals surface area contributed by atoms with Crippen LogP contribution in [0.25, 0.3) is 16.5 Å². The van der Waals surface area contributed by atoms with Crippen LogP contribution in [0.4, 0.5) is 33.6 Å². The molecule has 0 aliphatic heterocycles. The van der Waals surface area contributed by atoms with E-state index in [1.165, 1.54) is 59.5 Å². The maximum atomic E-state index is 13.0. The second-order valence-corrected chi connectivity index (χ2v) is 19.0. The number of fused-ring (bicyclic) bond motifs is 1. The van der Waals surface area contributed by atoms with Crippen LogP contribution < -0.4 is 10.3 Å². The number of hydrogen-bond donors (Lipinski definition) is 5. The number of rotatable bonds is 16. The molecule has 60 heavy (non-hydrogen) atoms. The number of ether oxygens (including phenoxy) is 1. The first kappa shape index (κ1) is 43.8. The number of aryl methyl sites for hydroxylation is 1. The first-order valence-electron chi connectivity index (χ1n) is 16.9. The van der Waals surface area contributed by atoms with E-state index >= 15 is 0 Å². The first-order chi connectivity index (χ1) is 28.3. The highest BCUT2D eigenvalue weighted by atomic mass is 32.2. The lowest BCUT2D eigenvalue weighted by Gasteiger charge is -2.11. The van der Waals surface area contributed by atoms with Crippen molar-refractivity contribution in [1.82, 2.24) is 20.0 Å². The van der Waals surface area contributed by atoms with Crippen LogP contribution in [0, 0.1) is 6.92 Å². The number of nitrogens with zero attached hydrogens (tertiary/aromatic N) is 9. The number of nitrogens with one attached hydrogen (secondary N) is 1. The predicted octanol–water partition coefficient (Wildman–Crippen LogP) is 7.69. The van der Waals surface area contributed by atoms with Crippen molar-refractivity contribution >= 4 is 97.8 Å². The highest BCUT2D eigenvalue weighted by Gasteiger charge is 2.23. The van der Waals surface area contributed by atoms with Crippen LogP contribution in [0.3, 0.4) is 0 Å². The lowest BCUT2D eigenvalue weighted by Crippen LogP contribution is -2.14. The Morgan fingerprint density at radius 3 is 2.12 bits per heavy atom. The van der Waals surface area contributed by atoms with E-state index < -0.39 is 62.9 Å². The average Bonchev–Trinajstić information content (AvgIpc) is 3.79. The highest BCUT2D eigenvalue weighted by molar-refractivity contribution is 8.01. The van der Waals surface area contributed by atoms with Gasteiger partial charge in [0.1, 0.15) is 27.7 Å². The summed E-state index contributed by atoms with van der Waals surface area (Å²) >= 11 is 2.74. The van der Waals surface area contributed by atoms with Crippen molar-refractivity contribution in [2.45, 2.75) is 34.4 Å². The van der Waals surface area contributed by atoms with Crippen molar-refractivity contribution in [1.29, 1.82) is 0 Å². The predicted molar refractivity (Wildman–Crippen MR) is 218 cm³/mol. The fraction of sp³-hybridized carbons (Fsp3) is 0.182. The number of benzene rings is 4. The van der Waals surface area contributed by atoms with Gasteiger partial charge in [-0.25, -0.2) is 4.68 Å². The summed E-state index contributed by atoms with van der Waals surface area (Å²) in [5.74, 6) is -0.236. The van der Waals surface area contributed by atoms with Gasteiger partial charge in [-0.3, -0.25) is 23.6 Å². The number of aromatic hydroxyl groups is 1. The van der Waals surface area contributed by atoms with Gasteiger partial charge in [0.25, 0.3) is 41.0 Å². The number of phenolic OH excluding ortho intramolecular Hbond substituents is 1. The molecule has 0 radical (unpaired) electrons. The molecule has 0 unspecified atom stereocenters. The van der Waals surface area contributed by atoms with E-state index in [0.717, 1.165) is 34.8 Å². The Kier molecular flexibility index (Phi) is 13.0. The van der Waals surface area contributed by atoms with E-state index in [2.05, 4.69) is 46.0 Å². The van der Waals surface area contributed by atoms with Gasteiger partial charge in [-0.15, -0.1) is 40.9 Å². The van der Waals surface area contributed by atoms with Crippen LogP contribution in [0.15, 0.2) is 116 Å². The minimum absolute atomic E-state index is 0.0779. The third kappa shape index (κ3) is 10.5. The molecule has 0 aliphatic carbocycles. The minimum Gasteiger partial charge on any atom is -0.505 e. The van der Waals surface area contributed by atoms with Gasteiger partial charge in [0, 0.05) is 16.8 Å². The normalized spacial score (nSPS) is 12.8. The summed E-state index contributed by atoms with van der Waals surface area (Å²) in [6.45, 7) is 3.51. The molecule has 4 aromatic carbocycles. The largest absolute Gasteiger partial charge is 0.505 e. The van der Waals surface area contributed by atoms with Crippen molar-refractivity contribution in [2.75, 3.05) is 18.1 Å². The maximum absolute atomic E-state index is 13.0. The summed E-state index contributed by atoms with van der Waals surface area (Å²) in [6.07, 6.45) is 1.06. The molecule has 0 saturated heterocycles. The quantitative estimate of drug-likeness (QED) is 0.0269. The van der Waals surface area contributed by atoms with E-state index in [0.29, 0.717) is 20.7 Å². The Morgan fingerprint density at radius 1 is 0.783 bits per heavy atom. The smallest absolute Gasteiger partial charge is 0.298 e. The molecule has 0 atom stereocenters. The molecule has 2 heterocycles. The monoisotopic (exact) mass is 918 g/mol. The van der Waals surface area contributed by atoms with Crippen molar-refractivity contribution < 1.29 is 48.8 Å². The Hall–Kier alpha value is -5.81. The van der Waals surface area contributed by atoms with Gasteiger partial charge in [-0.1, -0.05) is 36.1 Å². The molecule has 22 nitrogen and oxygen atoms in total. The standard InChI is InChI=1S/C33H30N10O12S5/c1-3-56-33-42-41-32(57-33)40-37-25-16-28(55-13-4-14-58(46,47)48)26(15-18(25)2)38-35-23-11-10-22-21(29(23)44)9-12-24(30(22)60(52,53)54)36-39-27-17-34-43(31(27)45)19-5-7-20(8-6-19)59(49,50)51/h5-12,15-17,34,44H,3-4,13-14H2,1-2H3,(H,46,47,48)(H,49,50,51)(H,52,53,54). The molecule has 6 rings (SSSR count). The average molecular weight is 919 g/mol. The molecular formula is C33H30N10O12S5. The lowest BCUT2D eigenvalue weighted by molar-refractivity contribution is 0.317. The summed E-state index contributed by atoms with van der Waals surface area (Å²) in [5, 5.41) is 46.3. The Morgan fingerprint density at radius 2 is 1.43 bits per heavy atom. The number of aromatic amines is 1. The molecule has 0 amide bonds. The number of phenols is 1. The van der Waals surface area contributed by atoms with Gasteiger partial charge < -0.3 is 9.84 Å². The Balaban J connectivity index is 1.31. The van der Waals surface area contributed by atoms with Gasteiger partial charge in [0.15, 0.2) is 15.8 Å². The van der Waals surface area contributed by atoms with Crippen molar-refractivity contribution in [3.05, 3.63) is 82.8 Å². The highest BCUT2D eigenvalue weighted by Crippen LogP contribution is 2.43. The third-order valence-electron chi connectivity index (χ3n) is 8.00. The molecule has 5 N–H and O–H groups in total. The number of thioether (sulfide) groups is 1. The number of azo groups is 3. The second-order valence-electron chi connectivity index (χ2n) is 12.2. The lowest BCUT2D eigenvalue weighted by atomic mass is 10.1. The summed E-state index contributed by atoms with van der Waals surface area (Å²) < 4.78 is 107. The summed E-state index contributed by atoms with van der Waals surface area (Å²) in [6, 6.07) is 12.5. The molecule has 0 saturated carbocycles. The zero-order valence-electron chi connectivity index (χ0n) is 30.8. The fourth-order valence-electron chi connectivity index (χ4n) is 5.28. The third-order valence-corrected chi connectivity index (χ3v) is 12.4. The van der Waals surface area contributed by atoms with Crippen LogP contribution >= 0.6 is 23.1 Å². The van der Waals surface area contributed by atoms with Crippen LogP contribution in [-0.4, -0.2) is 82.1 Å². The number of H-pyrrole nitrogens is 1. The molecule has 27 heteroatoms. The SMILES string of the molecule is CCSc1nnc(N=Nc2cc(OCCCS(=O)(=O)O)c(N=Nc3ccc4c(S(=O)(=O)O)c(N=Nc5c[nH]n(-c6ccc(S(=O)(=O)O)cc6)c5=O)ccc4c3O)cc2C)s1. The first-order valence-corrected chi connectivity index (χ1v) is 23.2. The van der Waals surface area contributed by atoms with Gasteiger partial charge in [0.2, 0.25) is 0 Å². The Labute approximate surface area is 348 Å². The van der Waals surface area contributed by atoms with E-state index in [-0.39, 0.29) is 52.3 Å². The molecular weight excluding hydrogens is 889 g/mol. The van der Waals surface area contributed by atoms with E-state index in [9.17, 15) is 44.3 Å². The molecule has 0 fully saturated rings. The molecule has 0 bridgehead atoms. The van der Waals surface area contributed by atoms with Crippen molar-refractivity contribution in [2.24, 2.45) is 30.7 Å². The number of hydrogen-bond acceptors (Lipinski definition) is 19. The molecule has 314 valence electrons. The molecule has 0 aliphatic rings. The van der Waals surface area contributed by atoms with Crippen LogP contribution in [0.2, 0.25) is 0 Å². The van der Waals surface area contributed by atoms with Crippen LogP contribution in [-0.2, 0) is 30.4 Å². The zero-order valence-corrected chi connectivity index (χ0v) is 34.9. The van der Waals surface area contributed by atoms with E-state index in [1.54, 1.807) is 13.0 Å². The maximum Gasteiger partial charge on any atom is 0.298 e. The van der Waals surface area contributed by atoms with Crippen LogP contribution in [0.5, 0.6) is 11.5 Å². The molecule has 2 aromatic heterocycles. The van der Waals surface area contributed by atoms with Crippen molar-refractivity contribution in [3.8, 4) is 17.2 Å².